The minimum atomic E-state index is -2.06. The van der Waals surface area contributed by atoms with Gasteiger partial charge in [0.05, 0.1) is 12.3 Å². The quantitative estimate of drug-likeness (QED) is 0.386. The van der Waals surface area contributed by atoms with Crippen LogP contribution < -0.4 is 4.74 Å². The minimum Gasteiger partial charge on any atom is -0.479 e. The van der Waals surface area contributed by atoms with Crippen molar-refractivity contribution < 1.29 is 47.0 Å². The topological polar surface area (TPSA) is 116 Å². The molecule has 1 heterocycles. The van der Waals surface area contributed by atoms with Crippen LogP contribution in [-0.2, 0) is 9.53 Å². The van der Waals surface area contributed by atoms with E-state index in [0.29, 0.717) is 0 Å². The summed E-state index contributed by atoms with van der Waals surface area (Å²) in [5.41, 5.74) is 0. The van der Waals surface area contributed by atoms with Crippen molar-refractivity contribution in [1.82, 2.24) is 0 Å². The van der Waals surface area contributed by atoms with E-state index in [4.69, 9.17) is 21.8 Å². The Morgan fingerprint density at radius 2 is 1.48 bits per heavy atom. The first-order chi connectivity index (χ1) is 17.7. The van der Waals surface area contributed by atoms with Gasteiger partial charge in [-0.2, -0.15) is 0 Å². The molecule has 5 atom stereocenters. The Hall–Kier alpha value is -2.97. The molecule has 5 rings (SSSR count). The molecule has 1 aliphatic rings. The molecule has 4 aromatic rings. The molecule has 29 heavy (non-hydrogen) atoms. The van der Waals surface area contributed by atoms with Crippen molar-refractivity contribution in [2.24, 2.45) is 0 Å². The lowest BCUT2D eigenvalue weighted by atomic mass is 9.94. The van der Waals surface area contributed by atoms with Gasteiger partial charge in [0.1, 0.15) is 24.1 Å². The molecule has 148 valence electrons. The van der Waals surface area contributed by atoms with E-state index in [9.17, 15) is 25.2 Å². The highest BCUT2D eigenvalue weighted by molar-refractivity contribution is 6.24. The summed E-state index contributed by atoms with van der Waals surface area (Å²) >= 11 is 0. The first-order valence-electron chi connectivity index (χ1n) is 13.0. The zero-order valence-electron chi connectivity index (χ0n) is 23.4. The Morgan fingerprint density at radius 3 is 2.17 bits per heavy atom. The van der Waals surface area contributed by atoms with E-state index in [2.05, 4.69) is 0 Å². The molecule has 1 fully saturated rings. The van der Waals surface area contributed by atoms with E-state index in [1.54, 1.807) is 0 Å². The number of ether oxygens (including phenoxy) is 2. The second-order valence-electron chi connectivity index (χ2n) is 6.56. The Morgan fingerprint density at radius 1 is 0.862 bits per heavy atom. The fourth-order valence-corrected chi connectivity index (χ4v) is 3.39. The van der Waals surface area contributed by atoms with Gasteiger partial charge >= 0.3 is 5.97 Å². The van der Waals surface area contributed by atoms with E-state index in [1.165, 1.54) is 0 Å². The van der Waals surface area contributed by atoms with Crippen LogP contribution in [-0.4, -0.2) is 57.1 Å². The summed E-state index contributed by atoms with van der Waals surface area (Å²) in [6.07, 6.45) is -10.2. The molecule has 0 bridgehead atoms. The summed E-state index contributed by atoms with van der Waals surface area (Å²) in [6.45, 7) is 0. The number of carboxylic acid groups (broad SMARTS) is 1. The lowest BCUT2D eigenvalue weighted by molar-refractivity contribution is -0.270. The third-order valence-corrected chi connectivity index (χ3v) is 4.83. The maximum absolute atomic E-state index is 11.5. The number of rotatable bonds is 3. The van der Waals surface area contributed by atoms with E-state index in [0.717, 1.165) is 0 Å². The number of carbonyl (C=O) groups is 1. The average molecular weight is 403 g/mol. The summed E-state index contributed by atoms with van der Waals surface area (Å²) < 4.78 is 86.6. The lowest BCUT2D eigenvalue weighted by Gasteiger charge is -2.38. The van der Waals surface area contributed by atoms with E-state index >= 15 is 0 Å². The maximum Gasteiger partial charge on any atom is 0.335 e. The smallest absolute Gasteiger partial charge is 0.335 e. The second-order valence-corrected chi connectivity index (χ2v) is 6.56. The first kappa shape index (κ1) is 10.7. The van der Waals surface area contributed by atoms with Gasteiger partial charge in [0.25, 0.3) is 0 Å². The van der Waals surface area contributed by atoms with Crippen molar-refractivity contribution in [2.45, 2.75) is 30.7 Å². The highest BCUT2D eigenvalue weighted by Crippen LogP contribution is 2.39. The molecule has 0 radical (unpaired) electrons. The van der Waals surface area contributed by atoms with Gasteiger partial charge in [0.15, 0.2) is 6.10 Å². The van der Waals surface area contributed by atoms with E-state index < -0.39 is 96.8 Å². The van der Waals surface area contributed by atoms with Crippen LogP contribution in [0.25, 0.3) is 32.3 Å². The zero-order valence-corrected chi connectivity index (χ0v) is 14.4. The molecule has 4 aromatic carbocycles. The van der Waals surface area contributed by atoms with Gasteiger partial charge in [-0.15, -0.1) is 0 Å². The van der Waals surface area contributed by atoms with Crippen molar-refractivity contribution in [3.05, 3.63) is 54.4 Å². The number of aliphatic hydroxyl groups is 3. The summed E-state index contributed by atoms with van der Waals surface area (Å²) in [5, 5.41) is 38.3. The van der Waals surface area contributed by atoms with E-state index in [1.807, 2.05) is 0 Å². The predicted octanol–water partition coefficient (Wildman–Crippen LogP) is 1.85. The summed E-state index contributed by atoms with van der Waals surface area (Å²) in [7, 11) is 0. The Bertz CT molecular complexity index is 1650. The maximum atomic E-state index is 11.5. The molecule has 0 amide bonds. The van der Waals surface area contributed by atoms with Crippen LogP contribution in [0.5, 0.6) is 5.75 Å². The van der Waals surface area contributed by atoms with Crippen LogP contribution in [0.15, 0.2) is 54.4 Å². The zero-order chi connectivity index (χ0) is 28.1. The summed E-state index contributed by atoms with van der Waals surface area (Å²) in [4.78, 5) is 11.5. The normalized spacial score (nSPS) is 32.0. The molecule has 0 spiro atoms. The highest BCUT2D eigenvalue weighted by atomic mass is 16.7. The SMILES string of the molecule is [2H]c1c([2H])c2c([2H])c([2H])c3c([2H])c([2H])c(O[C@@H]4O[C@H](C(=O)O)[C@@H](O)[C@H](O)[C@H]4O)c4c([2H])c([2H])c(c1[2H])c2c34. The third kappa shape index (κ3) is 2.71. The third-order valence-electron chi connectivity index (χ3n) is 4.83. The van der Waals surface area contributed by atoms with Gasteiger partial charge in [-0.1, -0.05) is 42.3 Å². The highest BCUT2D eigenvalue weighted by Gasteiger charge is 2.48. The molecule has 7 heteroatoms. The van der Waals surface area contributed by atoms with Crippen LogP contribution in [0.1, 0.15) is 12.3 Å². The van der Waals surface area contributed by atoms with Crippen molar-refractivity contribution >= 4 is 38.3 Å². The van der Waals surface area contributed by atoms with Gasteiger partial charge in [-0.25, -0.2) is 4.79 Å². The van der Waals surface area contributed by atoms with Gasteiger partial charge < -0.3 is 29.9 Å². The van der Waals surface area contributed by atoms with Crippen LogP contribution >= 0.6 is 0 Å². The average Bonchev–Trinajstić information content (AvgIpc) is 2.86. The second kappa shape index (κ2) is 6.53. The predicted molar refractivity (Wildman–Crippen MR) is 105 cm³/mol. The van der Waals surface area contributed by atoms with Gasteiger partial charge in [-0.05, 0) is 33.6 Å². The van der Waals surface area contributed by atoms with Crippen LogP contribution in [0, 0.1) is 0 Å². The molecule has 0 unspecified atom stereocenters. The Labute approximate surface area is 177 Å². The van der Waals surface area contributed by atoms with Gasteiger partial charge in [0, 0.05) is 10.8 Å². The molecule has 0 aliphatic carbocycles. The molecule has 0 saturated carbocycles. The van der Waals surface area contributed by atoms with Crippen molar-refractivity contribution in [2.75, 3.05) is 0 Å². The van der Waals surface area contributed by atoms with Gasteiger partial charge in [-0.3, -0.25) is 0 Å². The van der Waals surface area contributed by atoms with Crippen molar-refractivity contribution in [3.63, 3.8) is 0 Å². The minimum absolute atomic E-state index is 0.134. The molecule has 7 nitrogen and oxygen atoms in total. The number of benzene rings is 4. The van der Waals surface area contributed by atoms with Crippen LogP contribution in [0.3, 0.4) is 0 Å². The van der Waals surface area contributed by atoms with Crippen molar-refractivity contribution in [3.8, 4) is 5.75 Å². The van der Waals surface area contributed by atoms with E-state index in [-0.39, 0.29) is 32.3 Å². The summed E-state index contributed by atoms with van der Waals surface area (Å²) in [5.74, 6) is -2.36. The molecular weight excluding hydrogens is 376 g/mol. The molecule has 4 N–H and O–H groups in total. The number of hydrogen-bond acceptors (Lipinski definition) is 6. The molecule has 0 aromatic heterocycles. The Balaban J connectivity index is 1.91. The summed E-state index contributed by atoms with van der Waals surface area (Å²) in [6, 6.07) is -5.75. The van der Waals surface area contributed by atoms with Crippen LogP contribution in [0.2, 0.25) is 0 Å². The van der Waals surface area contributed by atoms with Crippen LogP contribution in [0.4, 0.5) is 0 Å². The number of aliphatic carboxylic acids is 1. The first-order valence-corrected chi connectivity index (χ1v) is 8.49. The number of hydrogen-bond donors (Lipinski definition) is 4. The Kier molecular flexibility index (Phi) is 2.41. The number of aliphatic hydroxyl groups excluding tert-OH is 3. The van der Waals surface area contributed by atoms with Gasteiger partial charge in [0.2, 0.25) is 6.29 Å². The lowest BCUT2D eigenvalue weighted by Crippen LogP contribution is -2.61. The standard InChI is InChI=1S/C22H18O7/c23-17-18(24)20(21(26)27)29-22(19(17)25)28-14-9-7-12-5-4-10-2-1-3-11-6-8-13(14)16(12)15(10)11/h1-9,17-20,22-25H,(H,26,27)/t17-,18-,19+,20-,22+/m0/s1/i1D,2D,3D,4D,5D,6D,7D,8D,9D. The van der Waals surface area contributed by atoms with Crippen molar-refractivity contribution in [1.29, 1.82) is 0 Å². The monoisotopic (exact) mass is 403 g/mol. The largest absolute Gasteiger partial charge is 0.479 e. The molecule has 1 aliphatic heterocycles. The fourth-order valence-electron chi connectivity index (χ4n) is 3.39. The molecule has 1 saturated heterocycles. The molecular formula is C22H18O7. The number of carboxylic acids is 1. The fraction of sp³-hybridized carbons (Fsp3) is 0.227.